The third-order valence-corrected chi connectivity index (χ3v) is 8.67. The molecule has 0 bridgehead atoms. The van der Waals surface area contributed by atoms with Crippen molar-refractivity contribution in [2.75, 3.05) is 36.4 Å². The van der Waals surface area contributed by atoms with Crippen molar-refractivity contribution in [1.29, 1.82) is 0 Å². The first-order valence-electron chi connectivity index (χ1n) is 11.9. The monoisotopic (exact) mass is 544 g/mol. The van der Waals surface area contributed by atoms with E-state index in [1.54, 1.807) is 11.8 Å². The molecule has 3 aromatic rings. The third kappa shape index (κ3) is 6.95. The van der Waals surface area contributed by atoms with E-state index in [2.05, 4.69) is 24.4 Å². The minimum absolute atomic E-state index is 0.0542. The van der Waals surface area contributed by atoms with Crippen molar-refractivity contribution >= 4 is 33.4 Å². The van der Waals surface area contributed by atoms with Gasteiger partial charge in [0.15, 0.2) is 11.5 Å². The van der Waals surface area contributed by atoms with Crippen LogP contribution in [0.2, 0.25) is 0 Å². The normalized spacial score (nSPS) is 12.7. The number of fused-ring (bicyclic) bond motifs is 1. The van der Waals surface area contributed by atoms with Crippen LogP contribution in [-0.2, 0) is 20.6 Å². The molecule has 0 aliphatic carbocycles. The van der Waals surface area contributed by atoms with Gasteiger partial charge in [-0.05, 0) is 66.6 Å². The molecule has 10 heteroatoms. The fourth-order valence-electron chi connectivity index (χ4n) is 3.78. The number of nitrogens with zero attached hydrogens (tertiary/aromatic N) is 1. The van der Waals surface area contributed by atoms with Gasteiger partial charge in [-0.2, -0.15) is 11.8 Å². The van der Waals surface area contributed by atoms with E-state index in [0.717, 1.165) is 34.4 Å². The van der Waals surface area contributed by atoms with Crippen LogP contribution in [0, 0.1) is 12.7 Å². The number of carbonyl (C=O) groups is 1. The van der Waals surface area contributed by atoms with Crippen molar-refractivity contribution in [3.05, 3.63) is 83.7 Å². The maximum absolute atomic E-state index is 13.6. The molecule has 1 aliphatic rings. The lowest BCUT2D eigenvalue weighted by Crippen LogP contribution is -2.41. The summed E-state index contributed by atoms with van der Waals surface area (Å²) in [6, 6.07) is 17.5. The van der Waals surface area contributed by atoms with Gasteiger partial charge in [0.1, 0.15) is 25.6 Å². The maximum atomic E-state index is 13.6. The first kappa shape index (κ1) is 26.8. The molecule has 1 amide bonds. The summed E-state index contributed by atoms with van der Waals surface area (Å²) < 4.78 is 52.6. The summed E-state index contributed by atoms with van der Waals surface area (Å²) in [5, 5.41) is 2.80. The molecule has 0 saturated carbocycles. The van der Waals surface area contributed by atoms with Crippen LogP contribution in [0.5, 0.6) is 11.5 Å². The van der Waals surface area contributed by atoms with E-state index in [4.69, 9.17) is 9.47 Å². The zero-order valence-electron chi connectivity index (χ0n) is 20.5. The summed E-state index contributed by atoms with van der Waals surface area (Å²) in [4.78, 5) is 12.7. The van der Waals surface area contributed by atoms with E-state index in [-0.39, 0.29) is 10.6 Å². The Morgan fingerprint density at radius 1 is 1.03 bits per heavy atom. The molecule has 0 atom stereocenters. The van der Waals surface area contributed by atoms with Crippen LogP contribution in [-0.4, -0.2) is 46.4 Å². The molecule has 0 spiro atoms. The highest BCUT2D eigenvalue weighted by molar-refractivity contribution is 7.98. The smallest absolute Gasteiger partial charge is 0.264 e. The van der Waals surface area contributed by atoms with E-state index in [1.165, 1.54) is 41.5 Å². The molecule has 0 unspecified atom stereocenters. The molecule has 37 heavy (non-hydrogen) atoms. The molecule has 4 rings (SSSR count). The number of carbonyl (C=O) groups excluding carboxylic acids is 1. The molecule has 3 aromatic carbocycles. The van der Waals surface area contributed by atoms with E-state index in [0.29, 0.717) is 31.3 Å². The Hall–Kier alpha value is -3.24. The predicted molar refractivity (Wildman–Crippen MR) is 143 cm³/mol. The van der Waals surface area contributed by atoms with Gasteiger partial charge in [0.05, 0.1) is 10.6 Å². The number of benzene rings is 3. The van der Waals surface area contributed by atoms with Crippen LogP contribution in [0.4, 0.5) is 10.1 Å². The zero-order chi connectivity index (χ0) is 26.3. The van der Waals surface area contributed by atoms with Crippen molar-refractivity contribution in [2.24, 2.45) is 0 Å². The Labute approximate surface area is 221 Å². The van der Waals surface area contributed by atoms with Gasteiger partial charge in [0, 0.05) is 18.4 Å². The Morgan fingerprint density at radius 3 is 2.51 bits per heavy atom. The molecule has 0 saturated heterocycles. The number of ether oxygens (including phenoxy) is 2. The number of anilines is 1. The van der Waals surface area contributed by atoms with Gasteiger partial charge in [-0.15, -0.1) is 0 Å². The number of hydrogen-bond acceptors (Lipinski definition) is 6. The number of amides is 1. The van der Waals surface area contributed by atoms with Gasteiger partial charge in [-0.25, -0.2) is 12.8 Å². The number of aryl methyl sites for hydroxylation is 1. The highest BCUT2D eigenvalue weighted by atomic mass is 32.2. The summed E-state index contributed by atoms with van der Waals surface area (Å²) in [5.41, 5.74) is 2.72. The van der Waals surface area contributed by atoms with Gasteiger partial charge < -0.3 is 14.8 Å². The lowest BCUT2D eigenvalue weighted by Gasteiger charge is -2.25. The van der Waals surface area contributed by atoms with Gasteiger partial charge >= 0.3 is 0 Å². The number of nitrogens with one attached hydrogen (secondary N) is 1. The fraction of sp³-hybridized carbons (Fsp3) is 0.296. The Morgan fingerprint density at radius 2 is 1.76 bits per heavy atom. The molecular formula is C27H29FN2O5S2. The molecule has 7 nitrogen and oxygen atoms in total. The summed E-state index contributed by atoms with van der Waals surface area (Å²) >= 11 is 1.78. The molecule has 1 heterocycles. The van der Waals surface area contributed by atoms with Crippen LogP contribution in [0.15, 0.2) is 71.6 Å². The molecular weight excluding hydrogens is 515 g/mol. The number of rotatable bonds is 11. The fourth-order valence-corrected chi connectivity index (χ4v) is 6.25. The molecule has 0 fully saturated rings. The van der Waals surface area contributed by atoms with E-state index >= 15 is 0 Å². The van der Waals surface area contributed by atoms with Crippen LogP contribution >= 0.6 is 11.8 Å². The minimum Gasteiger partial charge on any atom is -0.486 e. The summed E-state index contributed by atoms with van der Waals surface area (Å²) in [7, 11) is -4.16. The average molecular weight is 545 g/mol. The first-order valence-corrected chi connectivity index (χ1v) is 14.5. The van der Waals surface area contributed by atoms with Crippen LogP contribution in [0.3, 0.4) is 0 Å². The zero-order valence-corrected chi connectivity index (χ0v) is 22.1. The average Bonchev–Trinajstić information content (AvgIpc) is 2.90. The van der Waals surface area contributed by atoms with Gasteiger partial charge in [0.25, 0.3) is 10.0 Å². The van der Waals surface area contributed by atoms with Crippen LogP contribution in [0.1, 0.15) is 17.5 Å². The van der Waals surface area contributed by atoms with Gasteiger partial charge in [-0.1, -0.05) is 24.3 Å². The van der Waals surface area contributed by atoms with E-state index in [9.17, 15) is 17.6 Å². The highest BCUT2D eigenvalue weighted by Gasteiger charge is 2.29. The van der Waals surface area contributed by atoms with E-state index < -0.39 is 28.3 Å². The Balaban J connectivity index is 1.39. The quantitative estimate of drug-likeness (QED) is 0.357. The standard InChI is InChI=1S/C27H29FN2O5S2/c1-20-5-2-3-6-21(20)19-36-16-4-13-29-27(31)18-30(23-9-7-22(28)8-10-23)37(32,33)24-11-12-25-26(17-24)35-15-14-34-25/h2-3,5-12,17H,4,13-16,18-19H2,1H3,(H,29,31). The van der Waals surface area contributed by atoms with Crippen molar-refractivity contribution in [1.82, 2.24) is 5.32 Å². The lowest BCUT2D eigenvalue weighted by molar-refractivity contribution is -0.119. The second-order valence-electron chi connectivity index (χ2n) is 8.48. The molecule has 196 valence electrons. The first-order chi connectivity index (χ1) is 17.8. The molecule has 0 aromatic heterocycles. The third-order valence-electron chi connectivity index (χ3n) is 5.81. The maximum Gasteiger partial charge on any atom is 0.264 e. The topological polar surface area (TPSA) is 84.9 Å². The second kappa shape index (κ2) is 12.3. The molecule has 0 radical (unpaired) electrons. The Bertz CT molecular complexity index is 1330. The van der Waals surface area contributed by atoms with Crippen molar-refractivity contribution in [2.45, 2.75) is 24.0 Å². The van der Waals surface area contributed by atoms with E-state index in [1.807, 2.05) is 12.1 Å². The minimum atomic E-state index is -4.16. The van der Waals surface area contributed by atoms with Crippen molar-refractivity contribution in [3.8, 4) is 11.5 Å². The highest BCUT2D eigenvalue weighted by Crippen LogP contribution is 2.34. The summed E-state index contributed by atoms with van der Waals surface area (Å²) in [5.74, 6) is 1.57. The number of hydrogen-bond donors (Lipinski definition) is 1. The molecule has 1 aliphatic heterocycles. The second-order valence-corrected chi connectivity index (χ2v) is 11.4. The summed E-state index contributed by atoms with van der Waals surface area (Å²) in [6.45, 7) is 2.75. The number of halogens is 1. The van der Waals surface area contributed by atoms with Crippen molar-refractivity contribution in [3.63, 3.8) is 0 Å². The molecule has 1 N–H and O–H groups in total. The van der Waals surface area contributed by atoms with Gasteiger partial charge in [0.2, 0.25) is 5.91 Å². The Kier molecular flexibility index (Phi) is 8.94. The van der Waals surface area contributed by atoms with Crippen LogP contribution < -0.4 is 19.1 Å². The predicted octanol–water partition coefficient (Wildman–Crippen LogP) is 4.54. The lowest BCUT2D eigenvalue weighted by atomic mass is 10.1. The number of sulfonamides is 1. The summed E-state index contributed by atoms with van der Waals surface area (Å²) in [6.07, 6.45) is 0.744. The van der Waals surface area contributed by atoms with Crippen molar-refractivity contribution < 1.29 is 27.1 Å². The van der Waals surface area contributed by atoms with Crippen LogP contribution in [0.25, 0.3) is 0 Å². The largest absolute Gasteiger partial charge is 0.486 e. The SMILES string of the molecule is Cc1ccccc1CSCCCNC(=O)CN(c1ccc(F)cc1)S(=O)(=O)c1ccc2c(c1)OCCO2. The van der Waals surface area contributed by atoms with Gasteiger partial charge in [-0.3, -0.25) is 9.10 Å². The number of thioether (sulfide) groups is 1.